The van der Waals surface area contributed by atoms with Crippen molar-refractivity contribution in [2.45, 2.75) is 52.6 Å². The maximum Gasteiger partial charge on any atom is 0.234 e. The van der Waals surface area contributed by atoms with E-state index in [2.05, 4.69) is 22.5 Å². The van der Waals surface area contributed by atoms with Gasteiger partial charge in [0, 0.05) is 6.04 Å². The standard InChI is InChI=1S/C15H29N3O2/c1-5-18(13-6-8-16-9-7-13)10-14(20)17-15(11(2)3)12(4)19/h11,13,15-16H,5-10H2,1-4H3,(H,17,20). The Bertz CT molecular complexity index is 325. The fourth-order valence-corrected chi connectivity index (χ4v) is 2.81. The highest BCUT2D eigenvalue weighted by Gasteiger charge is 2.24. The van der Waals surface area contributed by atoms with Crippen LogP contribution in [-0.4, -0.2) is 54.9 Å². The van der Waals surface area contributed by atoms with Crippen molar-refractivity contribution in [3.05, 3.63) is 0 Å². The molecule has 1 fully saturated rings. The summed E-state index contributed by atoms with van der Waals surface area (Å²) in [6.07, 6.45) is 2.17. The SMILES string of the molecule is CCN(CC(=O)NC(C(C)=O)C(C)C)C1CCNCC1. The zero-order valence-electron chi connectivity index (χ0n) is 13.2. The Morgan fingerprint density at radius 2 is 1.90 bits per heavy atom. The summed E-state index contributed by atoms with van der Waals surface area (Å²) in [5.41, 5.74) is 0. The fourth-order valence-electron chi connectivity index (χ4n) is 2.81. The van der Waals surface area contributed by atoms with Crippen LogP contribution < -0.4 is 10.6 Å². The summed E-state index contributed by atoms with van der Waals surface area (Å²) in [6.45, 7) is 10.8. The molecule has 1 aliphatic heterocycles. The third kappa shape index (κ3) is 5.21. The zero-order chi connectivity index (χ0) is 15.1. The largest absolute Gasteiger partial charge is 0.345 e. The van der Waals surface area contributed by atoms with Crippen LogP contribution in [-0.2, 0) is 9.59 Å². The molecule has 0 saturated carbocycles. The van der Waals surface area contributed by atoms with Gasteiger partial charge in [-0.3, -0.25) is 14.5 Å². The van der Waals surface area contributed by atoms with Gasteiger partial charge in [0.2, 0.25) is 5.91 Å². The van der Waals surface area contributed by atoms with E-state index in [0.29, 0.717) is 12.6 Å². The second-order valence-electron chi connectivity index (χ2n) is 5.94. The van der Waals surface area contributed by atoms with Crippen molar-refractivity contribution in [1.82, 2.24) is 15.5 Å². The Balaban J connectivity index is 2.51. The second-order valence-corrected chi connectivity index (χ2v) is 5.94. The smallest absolute Gasteiger partial charge is 0.234 e. The molecule has 116 valence electrons. The third-order valence-corrected chi connectivity index (χ3v) is 4.00. The lowest BCUT2D eigenvalue weighted by Gasteiger charge is -2.33. The van der Waals surface area contributed by atoms with Crippen LogP contribution >= 0.6 is 0 Å². The van der Waals surface area contributed by atoms with E-state index in [4.69, 9.17) is 0 Å². The molecule has 20 heavy (non-hydrogen) atoms. The molecule has 1 rings (SSSR count). The summed E-state index contributed by atoms with van der Waals surface area (Å²) < 4.78 is 0. The van der Waals surface area contributed by atoms with Gasteiger partial charge >= 0.3 is 0 Å². The Labute approximate surface area is 122 Å². The number of rotatable bonds is 7. The van der Waals surface area contributed by atoms with Gasteiger partial charge in [0.25, 0.3) is 0 Å². The molecule has 0 aromatic heterocycles. The Kier molecular flexibility index (Phi) is 7.16. The molecule has 5 heteroatoms. The molecule has 2 N–H and O–H groups in total. The van der Waals surface area contributed by atoms with Crippen LogP contribution in [0.2, 0.25) is 0 Å². The molecule has 0 aromatic carbocycles. The maximum absolute atomic E-state index is 12.2. The average molecular weight is 283 g/mol. The molecule has 1 heterocycles. The summed E-state index contributed by atoms with van der Waals surface area (Å²) in [7, 11) is 0. The number of likely N-dealkylation sites (N-methyl/N-ethyl adjacent to an activating group) is 1. The molecule has 0 spiro atoms. The van der Waals surface area contributed by atoms with Crippen LogP contribution in [0.15, 0.2) is 0 Å². The Morgan fingerprint density at radius 1 is 1.30 bits per heavy atom. The number of nitrogens with one attached hydrogen (secondary N) is 2. The van der Waals surface area contributed by atoms with E-state index in [9.17, 15) is 9.59 Å². The van der Waals surface area contributed by atoms with Gasteiger partial charge in [-0.05, 0) is 45.3 Å². The molecule has 1 saturated heterocycles. The summed E-state index contributed by atoms with van der Waals surface area (Å²) in [4.78, 5) is 25.9. The molecular weight excluding hydrogens is 254 g/mol. The van der Waals surface area contributed by atoms with Gasteiger partial charge in [-0.15, -0.1) is 0 Å². The van der Waals surface area contributed by atoms with Crippen LogP contribution in [0.4, 0.5) is 0 Å². The van der Waals surface area contributed by atoms with E-state index in [1.807, 2.05) is 13.8 Å². The minimum Gasteiger partial charge on any atom is -0.345 e. The predicted molar refractivity (Wildman–Crippen MR) is 80.6 cm³/mol. The van der Waals surface area contributed by atoms with E-state index < -0.39 is 0 Å². The molecule has 0 radical (unpaired) electrons. The van der Waals surface area contributed by atoms with Crippen LogP contribution in [0.3, 0.4) is 0 Å². The monoisotopic (exact) mass is 283 g/mol. The minimum atomic E-state index is -0.366. The predicted octanol–water partition coefficient (Wildman–Crippen LogP) is 0.790. The van der Waals surface area contributed by atoms with Gasteiger partial charge in [0.05, 0.1) is 12.6 Å². The number of piperidine rings is 1. The quantitative estimate of drug-likeness (QED) is 0.725. The van der Waals surface area contributed by atoms with E-state index in [1.54, 1.807) is 0 Å². The van der Waals surface area contributed by atoms with Crippen molar-refractivity contribution in [2.24, 2.45) is 5.92 Å². The van der Waals surface area contributed by atoms with Crippen LogP contribution in [0, 0.1) is 5.92 Å². The Morgan fingerprint density at radius 3 is 2.35 bits per heavy atom. The highest BCUT2D eigenvalue weighted by Crippen LogP contribution is 2.11. The number of hydrogen-bond donors (Lipinski definition) is 2. The minimum absolute atomic E-state index is 0.0262. The molecule has 1 atom stereocenters. The molecule has 1 unspecified atom stereocenters. The van der Waals surface area contributed by atoms with Gasteiger partial charge in [-0.1, -0.05) is 20.8 Å². The lowest BCUT2D eigenvalue weighted by Crippen LogP contribution is -2.50. The van der Waals surface area contributed by atoms with Crippen LogP contribution in [0.1, 0.15) is 40.5 Å². The van der Waals surface area contributed by atoms with Crippen molar-refractivity contribution in [1.29, 1.82) is 0 Å². The lowest BCUT2D eigenvalue weighted by atomic mass is 10.0. The van der Waals surface area contributed by atoms with E-state index in [-0.39, 0.29) is 23.7 Å². The zero-order valence-corrected chi connectivity index (χ0v) is 13.2. The molecule has 1 amide bonds. The van der Waals surface area contributed by atoms with Crippen molar-refractivity contribution < 1.29 is 9.59 Å². The summed E-state index contributed by atoms with van der Waals surface area (Å²) in [5.74, 6) is 0.114. The molecular formula is C15H29N3O2. The average Bonchev–Trinajstić information content (AvgIpc) is 2.42. The van der Waals surface area contributed by atoms with E-state index >= 15 is 0 Å². The van der Waals surface area contributed by atoms with E-state index in [0.717, 1.165) is 32.5 Å². The number of amides is 1. The van der Waals surface area contributed by atoms with Crippen molar-refractivity contribution >= 4 is 11.7 Å². The number of carbonyl (C=O) groups excluding carboxylic acids is 2. The number of ketones is 1. The second kappa shape index (κ2) is 8.37. The topological polar surface area (TPSA) is 61.4 Å². The van der Waals surface area contributed by atoms with Gasteiger partial charge < -0.3 is 10.6 Å². The molecule has 1 aliphatic rings. The van der Waals surface area contributed by atoms with Gasteiger partial charge in [-0.25, -0.2) is 0 Å². The maximum atomic E-state index is 12.2. The van der Waals surface area contributed by atoms with Crippen LogP contribution in [0.5, 0.6) is 0 Å². The number of Topliss-reactive ketones (excluding diaryl/α,β-unsaturated/α-hetero) is 1. The Hall–Kier alpha value is -0.940. The highest BCUT2D eigenvalue weighted by atomic mass is 16.2. The van der Waals surface area contributed by atoms with Crippen LogP contribution in [0.25, 0.3) is 0 Å². The summed E-state index contributed by atoms with van der Waals surface area (Å²) in [6, 6.07) is 0.107. The van der Waals surface area contributed by atoms with E-state index in [1.165, 1.54) is 6.92 Å². The molecule has 0 bridgehead atoms. The van der Waals surface area contributed by atoms with Crippen molar-refractivity contribution in [2.75, 3.05) is 26.2 Å². The van der Waals surface area contributed by atoms with Crippen molar-refractivity contribution in [3.63, 3.8) is 0 Å². The highest BCUT2D eigenvalue weighted by molar-refractivity contribution is 5.88. The molecule has 0 aliphatic carbocycles. The summed E-state index contributed by atoms with van der Waals surface area (Å²) in [5, 5.41) is 6.21. The van der Waals surface area contributed by atoms with Gasteiger partial charge in [0.1, 0.15) is 0 Å². The molecule has 0 aromatic rings. The number of carbonyl (C=O) groups is 2. The van der Waals surface area contributed by atoms with Gasteiger partial charge in [0.15, 0.2) is 5.78 Å². The summed E-state index contributed by atoms with van der Waals surface area (Å²) >= 11 is 0. The normalized spacial score (nSPS) is 18.3. The van der Waals surface area contributed by atoms with Crippen molar-refractivity contribution in [3.8, 4) is 0 Å². The first-order chi connectivity index (χ1) is 9.45. The first kappa shape index (κ1) is 17.1. The lowest BCUT2D eigenvalue weighted by molar-refractivity contribution is -0.128. The molecule has 5 nitrogen and oxygen atoms in total. The number of nitrogens with zero attached hydrogens (tertiary/aromatic N) is 1. The van der Waals surface area contributed by atoms with Gasteiger partial charge in [-0.2, -0.15) is 0 Å². The number of hydrogen-bond acceptors (Lipinski definition) is 4. The fraction of sp³-hybridized carbons (Fsp3) is 0.867. The first-order valence-electron chi connectivity index (χ1n) is 7.70. The first-order valence-corrected chi connectivity index (χ1v) is 7.70. The third-order valence-electron chi connectivity index (χ3n) is 4.00.